The standard InChI is InChI=1S/C25H27N5O3/c1-3-29-22-9-5-4-7-17(22)14-23(29)33-25(32)30(19-8-6-12-28(2)15-19)24(31)18-10-11-20-21(13-18)27-16-26-20/h4-5,7,9-11,13-14,16,19H,3,6,8,12,15H2,1-2H3,(H,26,27). The van der Waals surface area contributed by atoms with Crippen LogP contribution in [-0.2, 0) is 6.54 Å². The summed E-state index contributed by atoms with van der Waals surface area (Å²) < 4.78 is 7.82. The van der Waals surface area contributed by atoms with Crippen LogP contribution in [-0.4, -0.2) is 62.5 Å². The van der Waals surface area contributed by atoms with Crippen molar-refractivity contribution < 1.29 is 14.3 Å². The van der Waals surface area contributed by atoms with E-state index in [1.807, 2.05) is 48.9 Å². The van der Waals surface area contributed by atoms with Crippen molar-refractivity contribution in [3.05, 3.63) is 60.4 Å². The summed E-state index contributed by atoms with van der Waals surface area (Å²) in [6.45, 7) is 4.20. The number of piperidine rings is 1. The minimum atomic E-state index is -0.653. The number of benzene rings is 2. The van der Waals surface area contributed by atoms with Gasteiger partial charge in [-0.1, -0.05) is 18.2 Å². The number of nitrogens with one attached hydrogen (secondary N) is 1. The van der Waals surface area contributed by atoms with Gasteiger partial charge in [0.2, 0.25) is 5.88 Å². The summed E-state index contributed by atoms with van der Waals surface area (Å²) in [5.41, 5.74) is 2.92. The second kappa shape index (κ2) is 8.71. The third kappa shape index (κ3) is 3.98. The second-order valence-corrected chi connectivity index (χ2v) is 8.52. The molecule has 4 aromatic rings. The Labute approximate surface area is 191 Å². The molecule has 2 amide bonds. The zero-order chi connectivity index (χ0) is 22.9. The molecule has 2 aromatic carbocycles. The van der Waals surface area contributed by atoms with Gasteiger partial charge in [0.1, 0.15) is 0 Å². The number of para-hydroxylation sites is 1. The van der Waals surface area contributed by atoms with Crippen molar-refractivity contribution in [1.82, 2.24) is 24.3 Å². The van der Waals surface area contributed by atoms with Crippen LogP contribution in [0.25, 0.3) is 21.9 Å². The second-order valence-electron chi connectivity index (χ2n) is 8.52. The third-order valence-electron chi connectivity index (χ3n) is 6.33. The monoisotopic (exact) mass is 445 g/mol. The number of hydrogen-bond donors (Lipinski definition) is 1. The van der Waals surface area contributed by atoms with Crippen LogP contribution in [0.1, 0.15) is 30.1 Å². The number of nitrogens with zero attached hydrogens (tertiary/aromatic N) is 4. The van der Waals surface area contributed by atoms with Gasteiger partial charge in [-0.25, -0.2) is 14.7 Å². The van der Waals surface area contributed by atoms with Gasteiger partial charge in [0.15, 0.2) is 0 Å². The Hall–Kier alpha value is -3.65. The summed E-state index contributed by atoms with van der Waals surface area (Å²) >= 11 is 0. The number of likely N-dealkylation sites (tertiary alicyclic amines) is 1. The Balaban J connectivity index is 1.50. The molecular formula is C25H27N5O3. The van der Waals surface area contributed by atoms with E-state index in [2.05, 4.69) is 14.9 Å². The third-order valence-corrected chi connectivity index (χ3v) is 6.33. The molecule has 1 atom stereocenters. The molecule has 0 aliphatic carbocycles. The van der Waals surface area contributed by atoms with Crippen LogP contribution in [0, 0.1) is 0 Å². The number of rotatable bonds is 4. The SMILES string of the molecule is CCn1c(OC(=O)N(C(=O)c2ccc3[nH]cnc3c2)C2CCCN(C)C2)cc2ccccc21. The number of fused-ring (bicyclic) bond motifs is 2. The highest BCUT2D eigenvalue weighted by Gasteiger charge is 2.35. The number of aromatic amines is 1. The van der Waals surface area contributed by atoms with Crippen molar-refractivity contribution in [2.24, 2.45) is 0 Å². The highest BCUT2D eigenvalue weighted by Crippen LogP contribution is 2.27. The molecule has 1 fully saturated rings. The number of carbonyl (C=O) groups is 2. The van der Waals surface area contributed by atoms with E-state index in [0.717, 1.165) is 35.8 Å². The lowest BCUT2D eigenvalue weighted by atomic mass is 10.0. The van der Waals surface area contributed by atoms with E-state index in [4.69, 9.17) is 4.74 Å². The highest BCUT2D eigenvalue weighted by molar-refractivity contribution is 6.05. The summed E-state index contributed by atoms with van der Waals surface area (Å²) in [5, 5.41) is 0.987. The lowest BCUT2D eigenvalue weighted by Crippen LogP contribution is -2.52. The van der Waals surface area contributed by atoms with E-state index in [0.29, 0.717) is 30.0 Å². The summed E-state index contributed by atoms with van der Waals surface area (Å²) in [7, 11) is 2.00. The van der Waals surface area contributed by atoms with E-state index >= 15 is 0 Å². The molecule has 0 radical (unpaired) electrons. The van der Waals surface area contributed by atoms with Gasteiger partial charge >= 0.3 is 6.09 Å². The first-order chi connectivity index (χ1) is 16.0. The summed E-state index contributed by atoms with van der Waals surface area (Å²) in [5.74, 6) is 0.0674. The molecule has 0 spiro atoms. The predicted molar refractivity (Wildman–Crippen MR) is 126 cm³/mol. The maximum absolute atomic E-state index is 13.6. The number of carbonyl (C=O) groups excluding carboxylic acids is 2. The van der Waals surface area contributed by atoms with E-state index < -0.39 is 6.09 Å². The van der Waals surface area contributed by atoms with Gasteiger partial charge in [0.25, 0.3) is 5.91 Å². The number of imide groups is 1. The van der Waals surface area contributed by atoms with Crippen LogP contribution in [0.4, 0.5) is 4.79 Å². The average molecular weight is 446 g/mol. The number of hydrogen-bond acceptors (Lipinski definition) is 5. The number of H-pyrrole nitrogens is 1. The van der Waals surface area contributed by atoms with Crippen LogP contribution in [0.2, 0.25) is 0 Å². The Morgan fingerprint density at radius 3 is 2.88 bits per heavy atom. The van der Waals surface area contributed by atoms with E-state index in [-0.39, 0.29) is 11.9 Å². The van der Waals surface area contributed by atoms with Crippen molar-refractivity contribution in [3.8, 4) is 5.88 Å². The van der Waals surface area contributed by atoms with Crippen molar-refractivity contribution in [2.75, 3.05) is 20.1 Å². The number of amides is 2. The van der Waals surface area contributed by atoms with Crippen LogP contribution in [0.5, 0.6) is 5.88 Å². The molecule has 1 aliphatic rings. The molecule has 8 heteroatoms. The molecule has 1 unspecified atom stereocenters. The van der Waals surface area contributed by atoms with Crippen LogP contribution >= 0.6 is 0 Å². The van der Waals surface area contributed by atoms with Crippen molar-refractivity contribution in [3.63, 3.8) is 0 Å². The van der Waals surface area contributed by atoms with Crippen LogP contribution < -0.4 is 4.74 Å². The molecule has 1 aliphatic heterocycles. The Bertz CT molecular complexity index is 1320. The molecule has 2 aromatic heterocycles. The molecule has 8 nitrogen and oxygen atoms in total. The largest absolute Gasteiger partial charge is 0.423 e. The first-order valence-electron chi connectivity index (χ1n) is 11.3. The van der Waals surface area contributed by atoms with E-state index in [1.54, 1.807) is 24.5 Å². The molecule has 0 bridgehead atoms. The molecule has 0 saturated carbocycles. The maximum atomic E-state index is 13.6. The zero-order valence-electron chi connectivity index (χ0n) is 18.8. The molecule has 3 heterocycles. The van der Waals surface area contributed by atoms with Gasteiger partial charge in [0.05, 0.1) is 28.9 Å². The summed E-state index contributed by atoms with van der Waals surface area (Å²) in [4.78, 5) is 37.9. The number of aryl methyl sites for hydroxylation is 1. The van der Waals surface area contributed by atoms with Crippen molar-refractivity contribution in [1.29, 1.82) is 0 Å². The Morgan fingerprint density at radius 2 is 2.06 bits per heavy atom. The van der Waals surface area contributed by atoms with Gasteiger partial charge in [-0.15, -0.1) is 0 Å². The van der Waals surface area contributed by atoms with Crippen LogP contribution in [0.15, 0.2) is 54.9 Å². The summed E-state index contributed by atoms with van der Waals surface area (Å²) in [6, 6.07) is 14.7. The molecular weight excluding hydrogens is 418 g/mol. The lowest BCUT2D eigenvalue weighted by Gasteiger charge is -2.36. The Kier molecular flexibility index (Phi) is 5.60. The molecule has 170 valence electrons. The molecule has 1 N–H and O–H groups in total. The normalized spacial score (nSPS) is 16.8. The first-order valence-corrected chi connectivity index (χ1v) is 11.3. The fraction of sp³-hybridized carbons (Fsp3) is 0.320. The minimum Gasteiger partial charge on any atom is -0.393 e. The minimum absolute atomic E-state index is 0.266. The van der Waals surface area contributed by atoms with Gasteiger partial charge < -0.3 is 19.2 Å². The Morgan fingerprint density at radius 1 is 1.21 bits per heavy atom. The highest BCUT2D eigenvalue weighted by atomic mass is 16.6. The summed E-state index contributed by atoms with van der Waals surface area (Å²) in [6.07, 6.45) is 2.59. The van der Waals surface area contributed by atoms with Crippen molar-refractivity contribution >= 4 is 33.9 Å². The van der Waals surface area contributed by atoms with Crippen molar-refractivity contribution in [2.45, 2.75) is 32.4 Å². The van der Waals surface area contributed by atoms with Gasteiger partial charge in [-0.05, 0) is 57.6 Å². The smallest absolute Gasteiger partial charge is 0.393 e. The van der Waals surface area contributed by atoms with Gasteiger partial charge in [-0.2, -0.15) is 0 Å². The number of imidazole rings is 1. The van der Waals surface area contributed by atoms with Gasteiger partial charge in [-0.3, -0.25) is 4.79 Å². The zero-order valence-corrected chi connectivity index (χ0v) is 18.8. The first kappa shape index (κ1) is 21.2. The number of likely N-dealkylation sites (N-methyl/N-ethyl adjacent to an activating group) is 1. The van der Waals surface area contributed by atoms with Gasteiger partial charge in [0, 0.05) is 30.1 Å². The molecule has 1 saturated heterocycles. The van der Waals surface area contributed by atoms with Crippen LogP contribution in [0.3, 0.4) is 0 Å². The topological polar surface area (TPSA) is 83.5 Å². The maximum Gasteiger partial charge on any atom is 0.423 e. The quantitative estimate of drug-likeness (QED) is 0.507. The van der Waals surface area contributed by atoms with E-state index in [9.17, 15) is 9.59 Å². The number of aromatic nitrogens is 3. The number of ether oxygens (including phenoxy) is 1. The fourth-order valence-corrected chi connectivity index (χ4v) is 4.69. The van der Waals surface area contributed by atoms with E-state index in [1.165, 1.54) is 4.90 Å². The molecule has 5 rings (SSSR count). The average Bonchev–Trinajstić information content (AvgIpc) is 3.42. The molecule has 33 heavy (non-hydrogen) atoms. The fourth-order valence-electron chi connectivity index (χ4n) is 4.69. The lowest BCUT2D eigenvalue weighted by molar-refractivity contribution is 0.0580. The predicted octanol–water partition coefficient (Wildman–Crippen LogP) is 4.27.